The van der Waals surface area contributed by atoms with Crippen molar-refractivity contribution in [3.8, 4) is 0 Å². The topological polar surface area (TPSA) is 15.3 Å². The van der Waals surface area contributed by atoms with Crippen molar-refractivity contribution in [3.05, 3.63) is 29.3 Å². The van der Waals surface area contributed by atoms with Gasteiger partial charge in [-0.3, -0.25) is 0 Å². The number of nitrogens with one attached hydrogen (secondary N) is 1. The number of aryl methyl sites for hydroxylation is 1. The van der Waals surface area contributed by atoms with Gasteiger partial charge in [-0.25, -0.2) is 0 Å². The van der Waals surface area contributed by atoms with E-state index in [0.717, 1.165) is 12.0 Å². The van der Waals surface area contributed by atoms with Gasteiger partial charge in [-0.2, -0.15) is 0 Å². The highest BCUT2D eigenvalue weighted by Crippen LogP contribution is 2.46. The van der Waals surface area contributed by atoms with E-state index < -0.39 is 0 Å². The first-order valence-corrected chi connectivity index (χ1v) is 7.04. The van der Waals surface area contributed by atoms with Crippen molar-refractivity contribution in [2.45, 2.75) is 37.6 Å². The summed E-state index contributed by atoms with van der Waals surface area (Å²) in [7, 11) is 0. The van der Waals surface area contributed by atoms with Gasteiger partial charge in [0.05, 0.1) is 0 Å². The molecule has 2 atom stereocenters. The predicted molar refractivity (Wildman–Crippen MR) is 70.7 cm³/mol. The summed E-state index contributed by atoms with van der Waals surface area (Å²) in [6.07, 6.45) is 5.33. The first-order chi connectivity index (χ1) is 8.45. The van der Waals surface area contributed by atoms with Crippen LogP contribution in [0.3, 0.4) is 0 Å². The molecule has 17 heavy (non-hydrogen) atoms. The van der Waals surface area contributed by atoms with E-state index in [1.807, 2.05) is 0 Å². The molecule has 2 nitrogen and oxygen atoms in total. The van der Waals surface area contributed by atoms with Crippen LogP contribution in [0.15, 0.2) is 18.2 Å². The molecule has 3 heterocycles. The minimum absolute atomic E-state index is 0.747. The van der Waals surface area contributed by atoms with Crippen LogP contribution in [0.2, 0.25) is 0 Å². The molecule has 0 aliphatic carbocycles. The zero-order chi connectivity index (χ0) is 11.2. The average Bonchev–Trinajstić information content (AvgIpc) is 2.56. The number of hydrogen-bond acceptors (Lipinski definition) is 2. The van der Waals surface area contributed by atoms with Crippen molar-refractivity contribution < 1.29 is 0 Å². The molecule has 3 aliphatic heterocycles. The van der Waals surface area contributed by atoms with Crippen molar-refractivity contribution in [1.29, 1.82) is 0 Å². The number of piperidine rings is 1. The van der Waals surface area contributed by atoms with E-state index in [2.05, 4.69) is 28.4 Å². The zero-order valence-corrected chi connectivity index (χ0v) is 10.3. The van der Waals surface area contributed by atoms with Gasteiger partial charge in [0.25, 0.3) is 0 Å². The summed E-state index contributed by atoms with van der Waals surface area (Å²) in [6, 6.07) is 7.77. The van der Waals surface area contributed by atoms with Crippen LogP contribution in [-0.2, 0) is 6.42 Å². The van der Waals surface area contributed by atoms with Crippen molar-refractivity contribution in [2.24, 2.45) is 0 Å². The second kappa shape index (κ2) is 3.74. The molecule has 0 unspecified atom stereocenters. The van der Waals surface area contributed by atoms with Crippen LogP contribution >= 0.6 is 0 Å². The summed E-state index contributed by atoms with van der Waals surface area (Å²) in [5.74, 6) is 0.747. The Morgan fingerprint density at radius 1 is 1.24 bits per heavy atom. The quantitative estimate of drug-likeness (QED) is 0.733. The second-order valence-corrected chi connectivity index (χ2v) is 5.67. The summed E-state index contributed by atoms with van der Waals surface area (Å²) >= 11 is 0. The van der Waals surface area contributed by atoms with Gasteiger partial charge in [0.15, 0.2) is 0 Å². The molecule has 1 aromatic rings. The highest BCUT2D eigenvalue weighted by Gasteiger charge is 2.40. The Balaban J connectivity index is 1.87. The first kappa shape index (κ1) is 9.95. The molecule has 0 spiro atoms. The summed E-state index contributed by atoms with van der Waals surface area (Å²) in [5.41, 5.74) is 4.85. The fraction of sp³-hybridized carbons (Fsp3) is 0.600. The lowest BCUT2D eigenvalue weighted by Crippen LogP contribution is -2.44. The molecule has 0 amide bonds. The number of hydrogen-bond donors (Lipinski definition) is 1. The van der Waals surface area contributed by atoms with Gasteiger partial charge in [-0.05, 0) is 43.4 Å². The minimum atomic E-state index is 0.747. The fourth-order valence-corrected chi connectivity index (χ4v) is 4.04. The smallest absolute Gasteiger partial charge is 0.0438 e. The molecule has 2 heteroatoms. The molecular formula is C15H20N2. The normalized spacial score (nSPS) is 30.7. The molecule has 0 bridgehead atoms. The molecular weight excluding hydrogens is 208 g/mol. The molecule has 1 saturated heterocycles. The van der Waals surface area contributed by atoms with Gasteiger partial charge in [0.2, 0.25) is 0 Å². The van der Waals surface area contributed by atoms with Crippen LogP contribution in [0.5, 0.6) is 0 Å². The van der Waals surface area contributed by atoms with E-state index in [-0.39, 0.29) is 0 Å². The maximum Gasteiger partial charge on any atom is 0.0438 e. The third kappa shape index (κ3) is 1.37. The molecule has 4 rings (SSSR count). The van der Waals surface area contributed by atoms with Crippen LogP contribution in [0.1, 0.15) is 36.3 Å². The van der Waals surface area contributed by atoms with Gasteiger partial charge in [-0.1, -0.05) is 18.2 Å². The Morgan fingerprint density at radius 2 is 2.24 bits per heavy atom. The largest absolute Gasteiger partial charge is 0.367 e. The number of rotatable bonds is 0. The zero-order valence-electron chi connectivity index (χ0n) is 10.3. The van der Waals surface area contributed by atoms with E-state index in [0.29, 0.717) is 0 Å². The monoisotopic (exact) mass is 228 g/mol. The molecule has 0 aromatic heterocycles. The van der Waals surface area contributed by atoms with Gasteiger partial charge in [-0.15, -0.1) is 0 Å². The van der Waals surface area contributed by atoms with Gasteiger partial charge in [0, 0.05) is 30.7 Å². The average molecular weight is 228 g/mol. The van der Waals surface area contributed by atoms with E-state index in [4.69, 9.17) is 0 Å². The third-order valence-corrected chi connectivity index (χ3v) is 4.78. The van der Waals surface area contributed by atoms with E-state index in [9.17, 15) is 0 Å². The molecule has 90 valence electrons. The summed E-state index contributed by atoms with van der Waals surface area (Å²) in [5, 5.41) is 3.57. The Kier molecular flexibility index (Phi) is 2.19. The molecule has 1 N–H and O–H groups in total. The Morgan fingerprint density at radius 3 is 3.24 bits per heavy atom. The Hall–Kier alpha value is -1.02. The molecule has 0 radical (unpaired) electrons. The first-order valence-electron chi connectivity index (χ1n) is 7.04. The van der Waals surface area contributed by atoms with Crippen molar-refractivity contribution >= 4 is 5.69 Å². The SMILES string of the molecule is c1cc2c3c(c1)[C@H]1CNCC[C@H]1N3CCCC2. The number of para-hydroxylation sites is 1. The molecule has 3 aliphatic rings. The Labute approximate surface area is 103 Å². The van der Waals surface area contributed by atoms with E-state index >= 15 is 0 Å². The number of anilines is 1. The molecule has 1 fully saturated rings. The van der Waals surface area contributed by atoms with E-state index in [1.54, 1.807) is 16.8 Å². The molecule has 1 aromatic carbocycles. The highest BCUT2D eigenvalue weighted by molar-refractivity contribution is 5.67. The van der Waals surface area contributed by atoms with Crippen molar-refractivity contribution in [2.75, 3.05) is 24.5 Å². The predicted octanol–water partition coefficient (Wildman–Crippen LogP) is 2.29. The lowest BCUT2D eigenvalue weighted by Gasteiger charge is -2.33. The van der Waals surface area contributed by atoms with Crippen LogP contribution in [-0.4, -0.2) is 25.7 Å². The number of nitrogens with zero attached hydrogens (tertiary/aromatic N) is 1. The van der Waals surface area contributed by atoms with Crippen LogP contribution < -0.4 is 10.2 Å². The maximum absolute atomic E-state index is 3.57. The molecule has 0 saturated carbocycles. The minimum Gasteiger partial charge on any atom is -0.367 e. The van der Waals surface area contributed by atoms with Crippen LogP contribution in [0.4, 0.5) is 5.69 Å². The van der Waals surface area contributed by atoms with Gasteiger partial charge < -0.3 is 10.2 Å². The van der Waals surface area contributed by atoms with E-state index in [1.165, 1.54) is 45.3 Å². The van der Waals surface area contributed by atoms with Gasteiger partial charge >= 0.3 is 0 Å². The third-order valence-electron chi connectivity index (χ3n) is 4.78. The lowest BCUT2D eigenvalue weighted by atomic mass is 9.89. The fourth-order valence-electron chi connectivity index (χ4n) is 4.04. The Bertz CT molecular complexity index is 441. The van der Waals surface area contributed by atoms with Gasteiger partial charge in [0.1, 0.15) is 0 Å². The standard InChI is InChI=1S/C15H20N2/c1-2-9-17-14-7-8-16-10-13(14)12-6-3-5-11(4-1)15(12)17/h3,5-6,13-14,16H,1-2,4,7-10H2/t13-,14-/m1/s1. The van der Waals surface area contributed by atoms with Crippen LogP contribution in [0.25, 0.3) is 0 Å². The van der Waals surface area contributed by atoms with Crippen molar-refractivity contribution in [3.63, 3.8) is 0 Å². The maximum atomic E-state index is 3.57. The highest BCUT2D eigenvalue weighted by atomic mass is 15.2. The van der Waals surface area contributed by atoms with Crippen molar-refractivity contribution in [1.82, 2.24) is 5.32 Å². The number of benzene rings is 1. The second-order valence-electron chi connectivity index (χ2n) is 5.67. The number of fused-ring (bicyclic) bond motifs is 3. The lowest BCUT2D eigenvalue weighted by molar-refractivity contribution is 0.401. The van der Waals surface area contributed by atoms with Crippen LogP contribution in [0, 0.1) is 0 Å². The summed E-state index contributed by atoms with van der Waals surface area (Å²) in [4.78, 5) is 2.74. The summed E-state index contributed by atoms with van der Waals surface area (Å²) < 4.78 is 0. The summed E-state index contributed by atoms with van der Waals surface area (Å²) in [6.45, 7) is 3.66.